The predicted molar refractivity (Wildman–Crippen MR) is 88.0 cm³/mol. The van der Waals surface area contributed by atoms with Crippen LogP contribution >= 0.6 is 11.3 Å². The van der Waals surface area contributed by atoms with E-state index in [0.717, 1.165) is 35.3 Å². The molecule has 0 aliphatic carbocycles. The van der Waals surface area contributed by atoms with Gasteiger partial charge in [0.25, 0.3) is 0 Å². The Morgan fingerprint density at radius 3 is 2.91 bits per heavy atom. The molecule has 0 amide bonds. The quantitative estimate of drug-likeness (QED) is 0.920. The van der Waals surface area contributed by atoms with Crippen molar-refractivity contribution < 1.29 is 4.39 Å². The van der Waals surface area contributed by atoms with Crippen molar-refractivity contribution in [3.8, 4) is 0 Å². The number of halogens is 1. The summed E-state index contributed by atoms with van der Waals surface area (Å²) in [5.74, 6) is -0.204. The monoisotopic (exact) mass is 320 g/mol. The summed E-state index contributed by atoms with van der Waals surface area (Å²) in [6, 6.07) is 7.13. The number of anilines is 1. The number of piperidine rings is 1. The van der Waals surface area contributed by atoms with E-state index in [1.165, 1.54) is 25.0 Å². The summed E-state index contributed by atoms with van der Waals surface area (Å²) < 4.78 is 12.9. The van der Waals surface area contributed by atoms with E-state index in [1.54, 1.807) is 23.5 Å². The summed E-state index contributed by atoms with van der Waals surface area (Å²) >= 11 is 1.64. The Balaban J connectivity index is 1.64. The van der Waals surface area contributed by atoms with Gasteiger partial charge in [0.15, 0.2) is 0 Å². The smallest absolute Gasteiger partial charge is 0.208 e. The Morgan fingerprint density at radius 1 is 1.32 bits per heavy atom. The molecule has 0 spiro atoms. The molecule has 3 rings (SSSR count). The molecule has 1 aromatic carbocycles. The van der Waals surface area contributed by atoms with E-state index in [-0.39, 0.29) is 5.82 Å². The van der Waals surface area contributed by atoms with Crippen LogP contribution in [0, 0.1) is 5.82 Å². The van der Waals surface area contributed by atoms with Crippen molar-refractivity contribution in [1.82, 2.24) is 15.5 Å². The first-order valence-corrected chi connectivity index (χ1v) is 8.61. The minimum absolute atomic E-state index is 0.204. The van der Waals surface area contributed by atoms with Gasteiger partial charge < -0.3 is 10.2 Å². The molecule has 6 heteroatoms. The fourth-order valence-corrected chi connectivity index (χ4v) is 3.73. The van der Waals surface area contributed by atoms with Gasteiger partial charge in [0, 0.05) is 25.6 Å². The fraction of sp³-hybridized carbons (Fsp3) is 0.500. The lowest BCUT2D eigenvalue weighted by atomic mass is 10.1. The highest BCUT2D eigenvalue weighted by Gasteiger charge is 2.21. The number of benzene rings is 1. The SMILES string of the molecule is CCNC1CCCN(c2nnc(Cc3ccc(F)cc3)s2)C1. The maximum absolute atomic E-state index is 12.9. The van der Waals surface area contributed by atoms with E-state index >= 15 is 0 Å². The van der Waals surface area contributed by atoms with Crippen LogP contribution in [-0.4, -0.2) is 35.9 Å². The molecule has 1 aliphatic heterocycles. The molecule has 4 nitrogen and oxygen atoms in total. The molecule has 1 unspecified atom stereocenters. The molecule has 22 heavy (non-hydrogen) atoms. The molecular weight excluding hydrogens is 299 g/mol. The van der Waals surface area contributed by atoms with Crippen molar-refractivity contribution in [3.05, 3.63) is 40.7 Å². The Bertz CT molecular complexity index is 596. The molecule has 1 saturated heterocycles. The van der Waals surface area contributed by atoms with Crippen molar-refractivity contribution in [1.29, 1.82) is 0 Å². The molecule has 118 valence electrons. The number of aromatic nitrogens is 2. The first-order valence-electron chi connectivity index (χ1n) is 7.79. The Hall–Kier alpha value is -1.53. The summed E-state index contributed by atoms with van der Waals surface area (Å²) in [6.45, 7) is 5.20. The number of hydrogen-bond acceptors (Lipinski definition) is 5. The second kappa shape index (κ2) is 7.15. The Kier molecular flexibility index (Phi) is 5.00. The van der Waals surface area contributed by atoms with Gasteiger partial charge in [-0.1, -0.05) is 30.4 Å². The zero-order valence-electron chi connectivity index (χ0n) is 12.8. The normalized spacial score (nSPS) is 18.6. The largest absolute Gasteiger partial charge is 0.345 e. The number of hydrogen-bond donors (Lipinski definition) is 1. The number of rotatable bonds is 5. The summed E-state index contributed by atoms with van der Waals surface area (Å²) in [5.41, 5.74) is 1.06. The van der Waals surface area contributed by atoms with Gasteiger partial charge in [-0.2, -0.15) is 0 Å². The maximum atomic E-state index is 12.9. The van der Waals surface area contributed by atoms with Crippen LogP contribution in [0.3, 0.4) is 0 Å². The third kappa shape index (κ3) is 3.81. The highest BCUT2D eigenvalue weighted by Crippen LogP contribution is 2.25. The van der Waals surface area contributed by atoms with Gasteiger partial charge in [0.1, 0.15) is 10.8 Å². The van der Waals surface area contributed by atoms with Gasteiger partial charge in [0.05, 0.1) is 0 Å². The van der Waals surface area contributed by atoms with Gasteiger partial charge in [-0.15, -0.1) is 10.2 Å². The molecule has 1 aliphatic rings. The summed E-state index contributed by atoms with van der Waals surface area (Å²) in [7, 11) is 0. The zero-order valence-corrected chi connectivity index (χ0v) is 13.6. The Labute approximate surface area is 134 Å². The molecule has 2 heterocycles. The first-order chi connectivity index (χ1) is 10.7. The number of likely N-dealkylation sites (N-methyl/N-ethyl adjacent to an activating group) is 1. The standard InChI is InChI=1S/C16H21FN4S/c1-2-18-14-4-3-9-21(11-14)16-20-19-15(22-16)10-12-5-7-13(17)8-6-12/h5-8,14,18H,2-4,9-11H2,1H3. The molecule has 1 fully saturated rings. The van der Waals surface area contributed by atoms with Crippen LogP contribution in [0.2, 0.25) is 0 Å². The highest BCUT2D eigenvalue weighted by molar-refractivity contribution is 7.15. The minimum Gasteiger partial charge on any atom is -0.345 e. The molecule has 1 N–H and O–H groups in total. The lowest BCUT2D eigenvalue weighted by molar-refractivity contribution is 0.430. The summed E-state index contributed by atoms with van der Waals surface area (Å²) in [5, 5.41) is 14.1. The second-order valence-electron chi connectivity index (χ2n) is 5.62. The highest BCUT2D eigenvalue weighted by atomic mass is 32.1. The number of nitrogens with one attached hydrogen (secondary N) is 1. The second-order valence-corrected chi connectivity index (χ2v) is 6.66. The average molecular weight is 320 g/mol. The van der Waals surface area contributed by atoms with Crippen molar-refractivity contribution >= 4 is 16.5 Å². The molecule has 2 aromatic rings. The van der Waals surface area contributed by atoms with Crippen molar-refractivity contribution in [2.45, 2.75) is 32.2 Å². The molecule has 0 saturated carbocycles. The molecular formula is C16H21FN4S. The van der Waals surface area contributed by atoms with Crippen LogP contribution in [0.25, 0.3) is 0 Å². The summed E-state index contributed by atoms with van der Waals surface area (Å²) in [4.78, 5) is 2.32. The zero-order chi connectivity index (χ0) is 15.4. The van der Waals surface area contributed by atoms with Crippen LogP contribution in [0.5, 0.6) is 0 Å². The molecule has 1 aromatic heterocycles. The lowest BCUT2D eigenvalue weighted by Crippen LogP contribution is -2.45. The van der Waals surface area contributed by atoms with E-state index in [4.69, 9.17) is 0 Å². The molecule has 0 bridgehead atoms. The topological polar surface area (TPSA) is 41.0 Å². The van der Waals surface area contributed by atoms with Crippen LogP contribution in [0.4, 0.5) is 9.52 Å². The van der Waals surface area contributed by atoms with Crippen molar-refractivity contribution in [2.24, 2.45) is 0 Å². The molecule has 0 radical (unpaired) electrons. The van der Waals surface area contributed by atoms with Gasteiger partial charge in [-0.25, -0.2) is 4.39 Å². The third-order valence-electron chi connectivity index (χ3n) is 3.91. The Morgan fingerprint density at radius 2 is 2.14 bits per heavy atom. The van der Waals surface area contributed by atoms with Crippen molar-refractivity contribution in [3.63, 3.8) is 0 Å². The van der Waals surface area contributed by atoms with Crippen LogP contribution in [0.1, 0.15) is 30.3 Å². The van der Waals surface area contributed by atoms with E-state index in [2.05, 4.69) is 27.3 Å². The van der Waals surface area contributed by atoms with Gasteiger partial charge in [-0.05, 0) is 37.1 Å². The lowest BCUT2D eigenvalue weighted by Gasteiger charge is -2.32. The first kappa shape index (κ1) is 15.4. The van der Waals surface area contributed by atoms with Crippen LogP contribution < -0.4 is 10.2 Å². The van der Waals surface area contributed by atoms with E-state index in [1.807, 2.05) is 0 Å². The van der Waals surface area contributed by atoms with Crippen LogP contribution in [-0.2, 0) is 6.42 Å². The average Bonchev–Trinajstić information content (AvgIpc) is 2.99. The fourth-order valence-electron chi connectivity index (χ4n) is 2.83. The van der Waals surface area contributed by atoms with E-state index in [0.29, 0.717) is 12.5 Å². The minimum atomic E-state index is -0.204. The molecule has 1 atom stereocenters. The van der Waals surface area contributed by atoms with E-state index in [9.17, 15) is 4.39 Å². The van der Waals surface area contributed by atoms with E-state index < -0.39 is 0 Å². The van der Waals surface area contributed by atoms with Gasteiger partial charge >= 0.3 is 0 Å². The number of nitrogens with zero attached hydrogens (tertiary/aromatic N) is 3. The predicted octanol–water partition coefficient (Wildman–Crippen LogP) is 2.85. The maximum Gasteiger partial charge on any atom is 0.208 e. The van der Waals surface area contributed by atoms with Crippen LogP contribution in [0.15, 0.2) is 24.3 Å². The summed E-state index contributed by atoms with van der Waals surface area (Å²) in [6.07, 6.45) is 3.12. The van der Waals surface area contributed by atoms with Gasteiger partial charge in [-0.3, -0.25) is 0 Å². The third-order valence-corrected chi connectivity index (χ3v) is 4.89. The van der Waals surface area contributed by atoms with Gasteiger partial charge in [0.2, 0.25) is 5.13 Å². The van der Waals surface area contributed by atoms with Crippen molar-refractivity contribution in [2.75, 3.05) is 24.5 Å².